The van der Waals surface area contributed by atoms with E-state index in [4.69, 9.17) is 0 Å². The molecule has 0 heterocycles. The maximum Gasteiger partial charge on any atom is 0.219 e. The first kappa shape index (κ1) is 26.7. The molecule has 4 heteroatoms. The number of nitrogens with zero attached hydrogens (tertiary/aromatic N) is 1. The van der Waals surface area contributed by atoms with Crippen molar-refractivity contribution in [2.24, 2.45) is 0 Å². The highest BCUT2D eigenvalue weighted by Gasteiger charge is 2.15. The summed E-state index contributed by atoms with van der Waals surface area (Å²) in [4.78, 5) is 11.9. The lowest BCUT2D eigenvalue weighted by Gasteiger charge is -2.29. The first-order valence-electron chi connectivity index (χ1n) is 11.5. The summed E-state index contributed by atoms with van der Waals surface area (Å²) in [7, 11) is 4.12. The minimum Gasteiger partial charge on any atom is -0.507 e. The van der Waals surface area contributed by atoms with Gasteiger partial charge in [0.1, 0.15) is 12.3 Å². The van der Waals surface area contributed by atoms with Gasteiger partial charge in [-0.05, 0) is 32.1 Å². The second kappa shape index (κ2) is 17.8. The molecule has 0 bridgehead atoms. The molecule has 0 saturated heterocycles. The van der Waals surface area contributed by atoms with E-state index < -0.39 is 0 Å². The Morgan fingerprint density at radius 3 is 2.11 bits per heavy atom. The van der Waals surface area contributed by atoms with Gasteiger partial charge >= 0.3 is 0 Å². The van der Waals surface area contributed by atoms with Gasteiger partial charge in [0.25, 0.3) is 0 Å². The van der Waals surface area contributed by atoms with Crippen LogP contribution in [0.3, 0.4) is 0 Å². The molecule has 0 fully saturated rings. The molecule has 0 aliphatic heterocycles. The van der Waals surface area contributed by atoms with Crippen LogP contribution in [0.4, 0.5) is 0 Å². The van der Waals surface area contributed by atoms with Crippen LogP contribution in [0.15, 0.2) is 24.5 Å². The van der Waals surface area contributed by atoms with Crippen molar-refractivity contribution in [3.8, 4) is 0 Å². The highest BCUT2D eigenvalue weighted by molar-refractivity contribution is 5.75. The first-order valence-corrected chi connectivity index (χ1v) is 11.5. The van der Waals surface area contributed by atoms with Crippen LogP contribution < -0.4 is 5.32 Å². The van der Waals surface area contributed by atoms with Gasteiger partial charge in [0.15, 0.2) is 0 Å². The SMILES string of the molecule is C=C(O)C[N+](C)(C)CCCNC(=O)CCCCCCC/C=C/CCCCCC. The van der Waals surface area contributed by atoms with Crippen LogP contribution in [0.25, 0.3) is 0 Å². The molecule has 164 valence electrons. The van der Waals surface area contributed by atoms with Crippen LogP contribution in [-0.4, -0.2) is 49.2 Å². The zero-order valence-electron chi connectivity index (χ0n) is 19.0. The third-order valence-corrected chi connectivity index (χ3v) is 5.04. The molecular formula is C24H47N2O2+. The molecule has 1 amide bonds. The molecule has 0 radical (unpaired) electrons. The summed E-state index contributed by atoms with van der Waals surface area (Å²) in [6.45, 7) is 7.98. The number of rotatable bonds is 19. The first-order chi connectivity index (χ1) is 13.4. The maximum atomic E-state index is 11.9. The van der Waals surface area contributed by atoms with Crippen molar-refractivity contribution in [2.75, 3.05) is 33.7 Å². The van der Waals surface area contributed by atoms with E-state index in [1.165, 1.54) is 57.8 Å². The number of hydrogen-bond acceptors (Lipinski definition) is 2. The number of quaternary nitrogens is 1. The molecule has 0 unspecified atom stereocenters. The maximum absolute atomic E-state index is 11.9. The highest BCUT2D eigenvalue weighted by Crippen LogP contribution is 2.09. The van der Waals surface area contributed by atoms with Crippen molar-refractivity contribution in [3.05, 3.63) is 24.5 Å². The van der Waals surface area contributed by atoms with E-state index in [9.17, 15) is 9.90 Å². The van der Waals surface area contributed by atoms with Gasteiger partial charge in [-0.3, -0.25) is 4.79 Å². The molecule has 2 N–H and O–H groups in total. The Morgan fingerprint density at radius 1 is 0.929 bits per heavy atom. The van der Waals surface area contributed by atoms with E-state index in [0.717, 1.165) is 25.8 Å². The lowest BCUT2D eigenvalue weighted by molar-refractivity contribution is -0.886. The lowest BCUT2D eigenvalue weighted by Crippen LogP contribution is -2.43. The molecule has 0 saturated carbocycles. The minimum absolute atomic E-state index is 0.169. The summed E-state index contributed by atoms with van der Waals surface area (Å²) >= 11 is 0. The monoisotopic (exact) mass is 395 g/mol. The number of aliphatic hydroxyl groups is 1. The molecule has 0 rings (SSSR count). The van der Waals surface area contributed by atoms with Crippen molar-refractivity contribution in [1.29, 1.82) is 0 Å². The fourth-order valence-electron chi connectivity index (χ4n) is 3.40. The van der Waals surface area contributed by atoms with Gasteiger partial charge in [0, 0.05) is 19.4 Å². The Bertz CT molecular complexity index is 430. The number of carbonyl (C=O) groups is 1. The van der Waals surface area contributed by atoms with Gasteiger partial charge in [-0.1, -0.05) is 64.2 Å². The van der Waals surface area contributed by atoms with Crippen LogP contribution in [0.1, 0.15) is 90.4 Å². The number of amides is 1. The third kappa shape index (κ3) is 19.5. The molecular weight excluding hydrogens is 348 g/mol. The predicted octanol–water partition coefficient (Wildman–Crippen LogP) is 5.90. The fourth-order valence-corrected chi connectivity index (χ4v) is 3.40. The highest BCUT2D eigenvalue weighted by atomic mass is 16.3. The van der Waals surface area contributed by atoms with Crippen molar-refractivity contribution in [2.45, 2.75) is 90.4 Å². The number of allylic oxidation sites excluding steroid dienone is 2. The third-order valence-electron chi connectivity index (χ3n) is 5.04. The van der Waals surface area contributed by atoms with E-state index in [2.05, 4.69) is 45.1 Å². The molecule has 0 aromatic rings. The average molecular weight is 396 g/mol. The van der Waals surface area contributed by atoms with Gasteiger partial charge < -0.3 is 14.9 Å². The van der Waals surface area contributed by atoms with Crippen LogP contribution in [0, 0.1) is 0 Å². The number of nitrogens with one attached hydrogen (secondary N) is 1. The Morgan fingerprint density at radius 2 is 1.50 bits per heavy atom. The van der Waals surface area contributed by atoms with Crippen LogP contribution in [0.5, 0.6) is 0 Å². The number of hydrogen-bond donors (Lipinski definition) is 2. The average Bonchev–Trinajstić information content (AvgIpc) is 2.61. The van der Waals surface area contributed by atoms with E-state index in [1.54, 1.807) is 0 Å². The minimum atomic E-state index is 0.169. The Hall–Kier alpha value is -1.29. The number of likely N-dealkylation sites (N-methyl/N-ethyl adjacent to an activating group) is 1. The van der Waals surface area contributed by atoms with E-state index in [-0.39, 0.29) is 11.7 Å². The van der Waals surface area contributed by atoms with Crippen molar-refractivity contribution >= 4 is 5.91 Å². The fraction of sp³-hybridized carbons (Fsp3) is 0.792. The Balaban J connectivity index is 3.42. The van der Waals surface area contributed by atoms with Gasteiger partial charge in [-0.25, -0.2) is 0 Å². The summed E-state index contributed by atoms with van der Waals surface area (Å²) in [5.41, 5.74) is 0. The number of carbonyl (C=O) groups excluding carboxylic acids is 1. The summed E-state index contributed by atoms with van der Waals surface area (Å²) < 4.78 is 0.694. The van der Waals surface area contributed by atoms with Crippen molar-refractivity contribution in [1.82, 2.24) is 5.32 Å². The Labute approximate surface area is 174 Å². The van der Waals surface area contributed by atoms with E-state index in [0.29, 0.717) is 24.0 Å². The normalized spacial score (nSPS) is 11.8. The molecule has 0 aromatic heterocycles. The largest absolute Gasteiger partial charge is 0.507 e. The Kier molecular flexibility index (Phi) is 17.0. The zero-order chi connectivity index (χ0) is 21.1. The zero-order valence-corrected chi connectivity index (χ0v) is 19.0. The molecule has 0 aliphatic rings. The summed E-state index contributed by atoms with van der Waals surface area (Å²) in [5.74, 6) is 0.385. The topological polar surface area (TPSA) is 49.3 Å². The van der Waals surface area contributed by atoms with Gasteiger partial charge in [-0.2, -0.15) is 0 Å². The van der Waals surface area contributed by atoms with Gasteiger partial charge in [-0.15, -0.1) is 0 Å². The predicted molar refractivity (Wildman–Crippen MR) is 121 cm³/mol. The molecule has 0 aromatic carbocycles. The molecule has 0 atom stereocenters. The van der Waals surface area contributed by atoms with Gasteiger partial charge in [0.05, 0.1) is 20.6 Å². The summed E-state index contributed by atoms with van der Waals surface area (Å²) in [6, 6.07) is 0. The standard InChI is InChI=1S/C24H46N2O2/c1-5-6-7-8-9-10-11-12-13-14-15-16-17-19-24(28)25-20-18-21-26(3,4)22-23(2)27/h10-11H,2,5-9,12-22H2,1,3-4H3,(H-,25,27,28)/p+1/b11-10+. The van der Waals surface area contributed by atoms with Crippen LogP contribution in [0.2, 0.25) is 0 Å². The van der Waals surface area contributed by atoms with E-state index >= 15 is 0 Å². The van der Waals surface area contributed by atoms with Gasteiger partial charge in [0.2, 0.25) is 5.91 Å². The second-order valence-corrected chi connectivity index (χ2v) is 8.71. The van der Waals surface area contributed by atoms with Crippen LogP contribution in [-0.2, 0) is 4.79 Å². The van der Waals surface area contributed by atoms with E-state index in [1.807, 2.05) is 0 Å². The van der Waals surface area contributed by atoms with Crippen molar-refractivity contribution < 1.29 is 14.4 Å². The van der Waals surface area contributed by atoms with Crippen LogP contribution >= 0.6 is 0 Å². The number of aliphatic hydroxyl groups excluding tert-OH is 1. The summed E-state index contributed by atoms with van der Waals surface area (Å²) in [5, 5.41) is 12.3. The second-order valence-electron chi connectivity index (χ2n) is 8.71. The molecule has 0 spiro atoms. The molecule has 4 nitrogen and oxygen atoms in total. The molecule has 28 heavy (non-hydrogen) atoms. The number of unbranched alkanes of at least 4 members (excludes halogenated alkanes) is 9. The molecule has 0 aliphatic carbocycles. The van der Waals surface area contributed by atoms with Crippen molar-refractivity contribution in [3.63, 3.8) is 0 Å². The lowest BCUT2D eigenvalue weighted by atomic mass is 10.1. The quantitative estimate of drug-likeness (QED) is 0.124. The smallest absolute Gasteiger partial charge is 0.219 e. The summed E-state index contributed by atoms with van der Waals surface area (Å²) in [6.07, 6.45) is 20.0.